The molecule has 1 aromatic heterocycles. The number of rotatable bonds is 4. The van der Waals surface area contributed by atoms with Crippen LogP contribution in [-0.4, -0.2) is 27.0 Å². The van der Waals surface area contributed by atoms with Crippen LogP contribution in [0.25, 0.3) is 0 Å². The summed E-state index contributed by atoms with van der Waals surface area (Å²) >= 11 is 11.6. The first-order valence-corrected chi connectivity index (χ1v) is 7.23. The molecule has 0 radical (unpaired) electrons. The number of hydrogen-bond donors (Lipinski definition) is 2. The van der Waals surface area contributed by atoms with E-state index in [1.165, 1.54) is 18.3 Å². The third kappa shape index (κ3) is 3.58. The number of aromatic hydroxyl groups is 1. The van der Waals surface area contributed by atoms with Gasteiger partial charge in [0.05, 0.1) is 16.9 Å². The van der Waals surface area contributed by atoms with E-state index in [-0.39, 0.29) is 10.8 Å². The Morgan fingerprint density at radius 1 is 1.45 bits per heavy atom. The lowest BCUT2D eigenvalue weighted by Gasteiger charge is -2.04. The zero-order chi connectivity index (χ0) is 16.3. The molecular formula is C14H14Cl2N4O2. The van der Waals surface area contributed by atoms with Crippen LogP contribution < -0.4 is 5.43 Å². The zero-order valence-corrected chi connectivity index (χ0v) is 13.5. The predicted molar refractivity (Wildman–Crippen MR) is 85.8 cm³/mol. The van der Waals surface area contributed by atoms with Gasteiger partial charge in [-0.2, -0.15) is 10.2 Å². The van der Waals surface area contributed by atoms with E-state index in [2.05, 4.69) is 15.6 Å². The molecule has 0 bridgehead atoms. The lowest BCUT2D eigenvalue weighted by Crippen LogP contribution is -2.21. The lowest BCUT2D eigenvalue weighted by molar-refractivity contribution is 0.0944. The Labute approximate surface area is 137 Å². The molecule has 2 N–H and O–H groups in total. The number of aromatic nitrogens is 2. The predicted octanol–water partition coefficient (Wildman–Crippen LogP) is 2.99. The van der Waals surface area contributed by atoms with Crippen molar-refractivity contribution in [3.8, 4) is 5.75 Å². The molecule has 116 valence electrons. The Balaban J connectivity index is 2.14. The van der Waals surface area contributed by atoms with Crippen LogP contribution in [0.1, 0.15) is 28.7 Å². The number of carbonyl (C=O) groups is 1. The van der Waals surface area contributed by atoms with Gasteiger partial charge in [-0.3, -0.25) is 9.48 Å². The number of amides is 1. The number of phenols is 1. The third-order valence-electron chi connectivity index (χ3n) is 2.86. The van der Waals surface area contributed by atoms with E-state index < -0.39 is 5.91 Å². The fourth-order valence-electron chi connectivity index (χ4n) is 1.87. The summed E-state index contributed by atoms with van der Waals surface area (Å²) in [6, 6.07) is 4.57. The van der Waals surface area contributed by atoms with Crippen LogP contribution in [-0.2, 0) is 6.54 Å². The lowest BCUT2D eigenvalue weighted by atomic mass is 10.2. The van der Waals surface area contributed by atoms with Crippen LogP contribution in [0.5, 0.6) is 5.75 Å². The normalized spacial score (nSPS) is 11.1. The number of nitrogens with zero attached hydrogens (tertiary/aromatic N) is 3. The highest BCUT2D eigenvalue weighted by atomic mass is 35.5. The minimum absolute atomic E-state index is 0.111. The molecule has 0 aliphatic heterocycles. The van der Waals surface area contributed by atoms with Gasteiger partial charge >= 0.3 is 0 Å². The first-order valence-electron chi connectivity index (χ1n) is 6.48. The van der Waals surface area contributed by atoms with Gasteiger partial charge in [0.15, 0.2) is 0 Å². The number of benzene rings is 1. The number of nitrogens with one attached hydrogen (secondary N) is 1. The quantitative estimate of drug-likeness (QED) is 0.663. The highest BCUT2D eigenvalue weighted by molar-refractivity contribution is 6.36. The van der Waals surface area contributed by atoms with E-state index in [4.69, 9.17) is 23.2 Å². The van der Waals surface area contributed by atoms with E-state index in [0.29, 0.717) is 22.8 Å². The molecule has 1 aromatic carbocycles. The van der Waals surface area contributed by atoms with Crippen molar-refractivity contribution in [1.82, 2.24) is 15.2 Å². The fraction of sp³-hybridized carbons (Fsp3) is 0.214. The van der Waals surface area contributed by atoms with Crippen LogP contribution >= 0.6 is 23.2 Å². The van der Waals surface area contributed by atoms with Crippen LogP contribution in [0.15, 0.2) is 23.3 Å². The highest BCUT2D eigenvalue weighted by Gasteiger charge is 2.12. The SMILES string of the molecule is CCn1nc(C)cc1C(=O)N/N=C/c1cc(Cl)cc(Cl)c1O. The zero-order valence-electron chi connectivity index (χ0n) is 12.0. The molecule has 0 atom stereocenters. The van der Waals surface area contributed by atoms with Crippen molar-refractivity contribution in [1.29, 1.82) is 0 Å². The number of carbonyl (C=O) groups excluding carboxylic acids is 1. The molecule has 0 unspecified atom stereocenters. The van der Waals surface area contributed by atoms with Gasteiger partial charge in [-0.05, 0) is 32.0 Å². The first kappa shape index (κ1) is 16.3. The van der Waals surface area contributed by atoms with Crippen molar-refractivity contribution in [3.05, 3.63) is 45.2 Å². The van der Waals surface area contributed by atoms with Crippen molar-refractivity contribution < 1.29 is 9.90 Å². The smallest absolute Gasteiger partial charge is 0.289 e. The monoisotopic (exact) mass is 340 g/mol. The number of hydrogen-bond acceptors (Lipinski definition) is 4. The number of hydrazone groups is 1. The van der Waals surface area contributed by atoms with Crippen LogP contribution in [0.3, 0.4) is 0 Å². The fourth-order valence-corrected chi connectivity index (χ4v) is 2.38. The maximum absolute atomic E-state index is 12.0. The number of phenolic OH excluding ortho intramolecular Hbond substituents is 1. The summed E-state index contributed by atoms with van der Waals surface area (Å²) in [7, 11) is 0. The molecule has 22 heavy (non-hydrogen) atoms. The molecule has 0 aliphatic carbocycles. The molecular weight excluding hydrogens is 327 g/mol. The summed E-state index contributed by atoms with van der Waals surface area (Å²) in [5.74, 6) is -0.551. The Bertz CT molecular complexity index is 741. The van der Waals surface area contributed by atoms with Crippen molar-refractivity contribution in [2.24, 2.45) is 5.10 Å². The van der Waals surface area contributed by atoms with E-state index in [0.717, 1.165) is 5.69 Å². The Hall–Kier alpha value is -2.05. The second-order valence-corrected chi connectivity index (χ2v) is 5.35. The molecule has 2 rings (SSSR count). The Morgan fingerprint density at radius 2 is 2.18 bits per heavy atom. The largest absolute Gasteiger partial charge is 0.506 e. The van der Waals surface area contributed by atoms with Gasteiger partial charge in [-0.1, -0.05) is 23.2 Å². The van der Waals surface area contributed by atoms with Gasteiger partial charge < -0.3 is 5.11 Å². The molecule has 0 spiro atoms. The van der Waals surface area contributed by atoms with Crippen LogP contribution in [0.4, 0.5) is 0 Å². The van der Waals surface area contributed by atoms with Gasteiger partial charge in [0.2, 0.25) is 0 Å². The van der Waals surface area contributed by atoms with Crippen LogP contribution in [0, 0.1) is 6.92 Å². The average Bonchev–Trinajstić information content (AvgIpc) is 2.85. The summed E-state index contributed by atoms with van der Waals surface area (Å²) in [5.41, 5.74) is 3.83. The van der Waals surface area contributed by atoms with Crippen LogP contribution in [0.2, 0.25) is 10.0 Å². The molecule has 0 saturated carbocycles. The van der Waals surface area contributed by atoms with Gasteiger partial charge in [0.1, 0.15) is 11.4 Å². The summed E-state index contributed by atoms with van der Waals surface area (Å²) in [4.78, 5) is 12.0. The van der Waals surface area contributed by atoms with Gasteiger partial charge in [0.25, 0.3) is 5.91 Å². The maximum Gasteiger partial charge on any atom is 0.289 e. The molecule has 2 aromatic rings. The standard InChI is InChI=1S/C14H14Cl2N4O2/c1-3-20-12(4-8(2)19-20)14(22)18-17-7-9-5-10(15)6-11(16)13(9)21/h4-7,21H,3H2,1-2H3,(H,18,22)/b17-7+. The van der Waals surface area contributed by atoms with E-state index in [1.54, 1.807) is 17.7 Å². The Kier molecular flexibility index (Phi) is 5.05. The minimum Gasteiger partial charge on any atom is -0.506 e. The summed E-state index contributed by atoms with van der Waals surface area (Å²) in [6.45, 7) is 4.27. The van der Waals surface area contributed by atoms with Crippen molar-refractivity contribution >= 4 is 35.3 Å². The van der Waals surface area contributed by atoms with Gasteiger partial charge in [-0.25, -0.2) is 5.43 Å². The van der Waals surface area contributed by atoms with Gasteiger partial charge in [-0.15, -0.1) is 0 Å². The number of halogens is 2. The second kappa shape index (κ2) is 6.81. The first-order chi connectivity index (χ1) is 10.4. The molecule has 1 heterocycles. The molecule has 0 fully saturated rings. The second-order valence-electron chi connectivity index (χ2n) is 4.51. The molecule has 0 saturated heterocycles. The van der Waals surface area contributed by atoms with E-state index >= 15 is 0 Å². The minimum atomic E-state index is -0.397. The summed E-state index contributed by atoms with van der Waals surface area (Å²) in [6.07, 6.45) is 1.27. The highest BCUT2D eigenvalue weighted by Crippen LogP contribution is 2.29. The maximum atomic E-state index is 12.0. The molecule has 8 heteroatoms. The van der Waals surface area contributed by atoms with E-state index in [1.807, 2.05) is 6.92 Å². The van der Waals surface area contributed by atoms with Crippen molar-refractivity contribution in [2.75, 3.05) is 0 Å². The summed E-state index contributed by atoms with van der Waals surface area (Å²) < 4.78 is 1.58. The molecule has 1 amide bonds. The van der Waals surface area contributed by atoms with Crippen molar-refractivity contribution in [3.63, 3.8) is 0 Å². The van der Waals surface area contributed by atoms with Crippen molar-refractivity contribution in [2.45, 2.75) is 20.4 Å². The topological polar surface area (TPSA) is 79.5 Å². The molecule has 0 aliphatic rings. The van der Waals surface area contributed by atoms with Gasteiger partial charge in [0, 0.05) is 17.1 Å². The Morgan fingerprint density at radius 3 is 2.86 bits per heavy atom. The summed E-state index contributed by atoms with van der Waals surface area (Å²) in [5, 5.41) is 18.2. The van der Waals surface area contributed by atoms with E-state index in [9.17, 15) is 9.90 Å². The number of aryl methyl sites for hydroxylation is 2. The third-order valence-corrected chi connectivity index (χ3v) is 3.37. The average molecular weight is 341 g/mol. The molecule has 6 nitrogen and oxygen atoms in total.